The fourth-order valence-corrected chi connectivity index (χ4v) is 3.31. The third kappa shape index (κ3) is 3.05. The maximum Gasteiger partial charge on any atom is 0.288 e. The van der Waals surface area contributed by atoms with Crippen LogP contribution in [0.5, 0.6) is 5.75 Å². The molecular formula is C14H13ClN2O4S. The summed E-state index contributed by atoms with van der Waals surface area (Å²) in [6.07, 6.45) is -0.146. The van der Waals surface area contributed by atoms with Crippen molar-refractivity contribution in [1.82, 2.24) is 10.2 Å². The summed E-state index contributed by atoms with van der Waals surface area (Å²) in [4.78, 5) is 36.1. The number of ether oxygens (including phenoxy) is 1. The summed E-state index contributed by atoms with van der Waals surface area (Å²) in [5, 5.41) is 3.03. The van der Waals surface area contributed by atoms with Crippen molar-refractivity contribution in [3.8, 4) is 5.75 Å². The molecule has 1 saturated heterocycles. The van der Waals surface area contributed by atoms with Crippen molar-refractivity contribution in [1.29, 1.82) is 0 Å². The van der Waals surface area contributed by atoms with Crippen LogP contribution in [0.4, 0.5) is 4.79 Å². The largest absolute Gasteiger partial charge is 0.480 e. The van der Waals surface area contributed by atoms with Gasteiger partial charge in [0.1, 0.15) is 5.75 Å². The maximum absolute atomic E-state index is 12.1. The molecular weight excluding hydrogens is 328 g/mol. The SMILES string of the molecule is O=C(NCCN1C(=O)CSC1=O)[C@@H]1Cc2cc(Cl)ccc2O1. The minimum atomic E-state index is -0.604. The topological polar surface area (TPSA) is 75.7 Å². The predicted molar refractivity (Wildman–Crippen MR) is 82.1 cm³/mol. The van der Waals surface area contributed by atoms with Crippen LogP contribution >= 0.6 is 23.4 Å². The van der Waals surface area contributed by atoms with Gasteiger partial charge in [-0.3, -0.25) is 19.3 Å². The number of imide groups is 1. The predicted octanol–water partition coefficient (Wildman–Crippen LogP) is 1.46. The van der Waals surface area contributed by atoms with E-state index >= 15 is 0 Å². The zero-order valence-corrected chi connectivity index (χ0v) is 13.1. The first kappa shape index (κ1) is 15.2. The van der Waals surface area contributed by atoms with E-state index in [1.165, 1.54) is 0 Å². The second-order valence-corrected chi connectivity index (χ2v) is 6.32. The number of fused-ring (bicyclic) bond motifs is 1. The molecule has 0 aromatic heterocycles. The van der Waals surface area contributed by atoms with Crippen LogP contribution in [0.3, 0.4) is 0 Å². The molecule has 2 heterocycles. The molecule has 0 aliphatic carbocycles. The van der Waals surface area contributed by atoms with Gasteiger partial charge >= 0.3 is 0 Å². The number of carbonyl (C=O) groups excluding carboxylic acids is 3. The van der Waals surface area contributed by atoms with E-state index < -0.39 is 6.10 Å². The first-order valence-corrected chi connectivity index (χ1v) is 8.11. The highest BCUT2D eigenvalue weighted by Crippen LogP contribution is 2.31. The zero-order valence-electron chi connectivity index (χ0n) is 11.5. The number of hydrogen-bond donors (Lipinski definition) is 1. The number of nitrogens with zero attached hydrogens (tertiary/aromatic N) is 1. The molecule has 1 atom stereocenters. The van der Waals surface area contributed by atoms with Gasteiger partial charge in [-0.2, -0.15) is 0 Å². The van der Waals surface area contributed by atoms with Crippen molar-refractivity contribution >= 4 is 40.4 Å². The van der Waals surface area contributed by atoms with Crippen LogP contribution < -0.4 is 10.1 Å². The summed E-state index contributed by atoms with van der Waals surface area (Å²) in [6.45, 7) is 0.399. The number of carbonyl (C=O) groups is 3. The Morgan fingerprint density at radius 2 is 2.27 bits per heavy atom. The minimum absolute atomic E-state index is 0.175. The van der Waals surface area contributed by atoms with Gasteiger partial charge in [-0.1, -0.05) is 23.4 Å². The van der Waals surface area contributed by atoms with E-state index in [0.29, 0.717) is 17.2 Å². The molecule has 8 heteroatoms. The number of nitrogens with one attached hydrogen (secondary N) is 1. The quantitative estimate of drug-likeness (QED) is 0.898. The highest BCUT2D eigenvalue weighted by atomic mass is 35.5. The molecule has 1 N–H and O–H groups in total. The van der Waals surface area contributed by atoms with E-state index in [1.54, 1.807) is 18.2 Å². The lowest BCUT2D eigenvalue weighted by Crippen LogP contribution is -2.42. The Balaban J connectivity index is 1.50. The summed E-state index contributed by atoms with van der Waals surface area (Å²) in [7, 11) is 0. The van der Waals surface area contributed by atoms with Gasteiger partial charge in [0, 0.05) is 24.5 Å². The fourth-order valence-electron chi connectivity index (χ4n) is 2.37. The number of thioether (sulfide) groups is 1. The standard InChI is InChI=1S/C14H13ClN2O4S/c15-9-1-2-10-8(5-9)6-11(21-10)13(19)16-3-4-17-12(18)7-22-14(17)20/h1-2,5,11H,3-4,6-7H2,(H,16,19)/t11-/m0/s1. The summed E-state index contributed by atoms with van der Waals surface area (Å²) >= 11 is 6.88. The molecule has 3 amide bonds. The highest BCUT2D eigenvalue weighted by molar-refractivity contribution is 8.14. The summed E-state index contributed by atoms with van der Waals surface area (Å²) in [5.74, 6) is 0.350. The van der Waals surface area contributed by atoms with Gasteiger partial charge in [0.05, 0.1) is 5.75 Å². The molecule has 6 nitrogen and oxygen atoms in total. The van der Waals surface area contributed by atoms with Gasteiger partial charge in [-0.05, 0) is 23.8 Å². The Morgan fingerprint density at radius 3 is 3.00 bits per heavy atom. The van der Waals surface area contributed by atoms with Crippen molar-refractivity contribution in [2.24, 2.45) is 0 Å². The molecule has 0 unspecified atom stereocenters. The third-order valence-corrected chi connectivity index (χ3v) is 4.56. The molecule has 0 saturated carbocycles. The van der Waals surface area contributed by atoms with Gasteiger partial charge in [-0.25, -0.2) is 0 Å². The minimum Gasteiger partial charge on any atom is -0.480 e. The van der Waals surface area contributed by atoms with Gasteiger partial charge in [0.2, 0.25) is 5.91 Å². The number of halogens is 1. The van der Waals surface area contributed by atoms with Crippen molar-refractivity contribution in [2.75, 3.05) is 18.8 Å². The van der Waals surface area contributed by atoms with E-state index in [4.69, 9.17) is 16.3 Å². The van der Waals surface area contributed by atoms with Crippen LogP contribution in [-0.2, 0) is 16.0 Å². The Bertz CT molecular complexity index is 636. The molecule has 0 radical (unpaired) electrons. The van der Waals surface area contributed by atoms with E-state index in [0.717, 1.165) is 22.2 Å². The van der Waals surface area contributed by atoms with Gasteiger partial charge in [-0.15, -0.1) is 0 Å². The number of rotatable bonds is 4. The Hall–Kier alpha value is -1.73. The zero-order chi connectivity index (χ0) is 15.7. The molecule has 22 heavy (non-hydrogen) atoms. The molecule has 1 fully saturated rings. The van der Waals surface area contributed by atoms with Crippen LogP contribution in [0.25, 0.3) is 0 Å². The molecule has 116 valence electrons. The van der Waals surface area contributed by atoms with Crippen LogP contribution in [0.2, 0.25) is 5.02 Å². The van der Waals surface area contributed by atoms with Crippen molar-refractivity contribution < 1.29 is 19.1 Å². The van der Waals surface area contributed by atoms with E-state index in [2.05, 4.69) is 5.32 Å². The monoisotopic (exact) mass is 340 g/mol. The number of amides is 3. The molecule has 2 aliphatic heterocycles. The molecule has 3 rings (SSSR count). The first-order valence-electron chi connectivity index (χ1n) is 6.74. The van der Waals surface area contributed by atoms with Crippen molar-refractivity contribution in [2.45, 2.75) is 12.5 Å². The second-order valence-electron chi connectivity index (χ2n) is 4.95. The van der Waals surface area contributed by atoms with Gasteiger partial charge in [0.25, 0.3) is 11.1 Å². The fraction of sp³-hybridized carbons (Fsp3) is 0.357. The lowest BCUT2D eigenvalue weighted by Gasteiger charge is -2.15. The first-order chi connectivity index (χ1) is 10.5. The lowest BCUT2D eigenvalue weighted by molar-refractivity contribution is -0.128. The smallest absolute Gasteiger partial charge is 0.288 e. The lowest BCUT2D eigenvalue weighted by atomic mass is 10.1. The average molecular weight is 341 g/mol. The van der Waals surface area contributed by atoms with Gasteiger partial charge in [0.15, 0.2) is 6.10 Å². The van der Waals surface area contributed by atoms with Gasteiger partial charge < -0.3 is 10.1 Å². The normalized spacial score (nSPS) is 20.0. The maximum atomic E-state index is 12.1. The second kappa shape index (κ2) is 6.18. The molecule has 0 spiro atoms. The number of hydrogen-bond acceptors (Lipinski definition) is 5. The molecule has 2 aliphatic rings. The van der Waals surface area contributed by atoms with Crippen LogP contribution in [0.15, 0.2) is 18.2 Å². The van der Waals surface area contributed by atoms with E-state index in [1.807, 2.05) is 0 Å². The summed E-state index contributed by atoms with van der Waals surface area (Å²) < 4.78 is 5.57. The highest BCUT2D eigenvalue weighted by Gasteiger charge is 2.31. The van der Waals surface area contributed by atoms with Crippen LogP contribution in [0.1, 0.15) is 5.56 Å². The Labute approximate surface area is 136 Å². The Kier molecular flexibility index (Phi) is 4.26. The number of benzene rings is 1. The average Bonchev–Trinajstić information content (AvgIpc) is 3.04. The molecule has 1 aromatic rings. The summed E-state index contributed by atoms with van der Waals surface area (Å²) in [5.41, 5.74) is 0.897. The van der Waals surface area contributed by atoms with E-state index in [-0.39, 0.29) is 35.9 Å². The third-order valence-electron chi connectivity index (χ3n) is 3.46. The van der Waals surface area contributed by atoms with E-state index in [9.17, 15) is 14.4 Å². The van der Waals surface area contributed by atoms with Crippen molar-refractivity contribution in [3.63, 3.8) is 0 Å². The van der Waals surface area contributed by atoms with Crippen molar-refractivity contribution in [3.05, 3.63) is 28.8 Å². The molecule has 1 aromatic carbocycles. The van der Waals surface area contributed by atoms with Crippen LogP contribution in [0, 0.1) is 0 Å². The molecule has 0 bridgehead atoms. The summed E-state index contributed by atoms with van der Waals surface area (Å²) in [6, 6.07) is 5.23. The Morgan fingerprint density at radius 1 is 1.45 bits per heavy atom. The van der Waals surface area contributed by atoms with Crippen LogP contribution in [-0.4, -0.2) is 46.9 Å².